The van der Waals surface area contributed by atoms with Crippen LogP contribution >= 0.6 is 0 Å². The maximum atomic E-state index is 2.83. The van der Waals surface area contributed by atoms with Gasteiger partial charge < -0.3 is 0 Å². The van der Waals surface area contributed by atoms with Crippen molar-refractivity contribution in [2.75, 3.05) is 0 Å². The van der Waals surface area contributed by atoms with Crippen LogP contribution in [0, 0.1) is 0 Å². The molecular formula is C36H36Zr. The van der Waals surface area contributed by atoms with Gasteiger partial charge >= 0.3 is 224 Å². The van der Waals surface area contributed by atoms with Crippen LogP contribution in [-0.4, -0.2) is 3.71 Å². The van der Waals surface area contributed by atoms with Crippen molar-refractivity contribution in [2.24, 2.45) is 0 Å². The second kappa shape index (κ2) is 9.45. The van der Waals surface area contributed by atoms with Crippen LogP contribution in [-0.2, 0) is 26.6 Å². The fourth-order valence-corrected chi connectivity index (χ4v) is 31.5. The molecule has 4 aromatic carbocycles. The Hall–Kier alpha value is -2.89. The molecule has 0 radical (unpaired) electrons. The molecule has 37 heavy (non-hydrogen) atoms. The Balaban J connectivity index is 1.74. The number of benzene rings is 4. The average Bonchev–Trinajstić information content (AvgIpc) is 3.46. The Morgan fingerprint density at radius 3 is 1.32 bits per heavy atom. The first kappa shape index (κ1) is 24.4. The molecule has 0 amide bonds. The zero-order chi connectivity index (χ0) is 25.5. The van der Waals surface area contributed by atoms with Crippen molar-refractivity contribution in [3.05, 3.63) is 154 Å². The van der Waals surface area contributed by atoms with Crippen molar-refractivity contribution in [3.8, 4) is 0 Å². The van der Waals surface area contributed by atoms with Gasteiger partial charge in [-0.15, -0.1) is 0 Å². The van der Waals surface area contributed by atoms with Crippen LogP contribution in [0.25, 0.3) is 12.2 Å². The van der Waals surface area contributed by atoms with E-state index in [0.29, 0.717) is 7.25 Å². The van der Waals surface area contributed by atoms with Crippen LogP contribution in [0.3, 0.4) is 0 Å². The van der Waals surface area contributed by atoms with Crippen LogP contribution < -0.4 is 0 Å². The molecule has 1 heteroatoms. The van der Waals surface area contributed by atoms with Crippen LogP contribution in [0.4, 0.5) is 0 Å². The minimum absolute atomic E-state index is 0.461. The number of allylic oxidation sites excluding steroid dienone is 2. The zero-order valence-electron chi connectivity index (χ0n) is 22.2. The molecule has 2 aliphatic rings. The van der Waals surface area contributed by atoms with Crippen LogP contribution in [0.1, 0.15) is 61.4 Å². The summed E-state index contributed by atoms with van der Waals surface area (Å²) in [7, 11) is 0. The number of rotatable bonds is 6. The molecule has 0 bridgehead atoms. The van der Waals surface area contributed by atoms with Gasteiger partial charge in [0.2, 0.25) is 0 Å². The van der Waals surface area contributed by atoms with Gasteiger partial charge in [-0.05, 0) is 0 Å². The fraction of sp³-hybridized carbons (Fsp3) is 0.194. The number of hydrogen-bond acceptors (Lipinski definition) is 0. The Morgan fingerprint density at radius 2 is 0.919 bits per heavy atom. The van der Waals surface area contributed by atoms with E-state index in [-0.39, 0.29) is 0 Å². The first-order valence-electron chi connectivity index (χ1n) is 13.6. The molecular weight excluding hydrogens is 524 g/mol. The predicted molar refractivity (Wildman–Crippen MR) is 158 cm³/mol. The third-order valence-corrected chi connectivity index (χ3v) is 30.4. The quantitative estimate of drug-likeness (QED) is 0.221. The van der Waals surface area contributed by atoms with E-state index in [9.17, 15) is 0 Å². The molecule has 0 nitrogen and oxygen atoms in total. The SMILES string of the molecule is C[CH]=[Zr]([CH2]c1ccccc1)([CH2]c1ccccc1)([CH]1C(C)=Cc2ccccc21)[CH]1C(C)=Cc2ccccc21. The van der Waals surface area contributed by atoms with Gasteiger partial charge in [0, 0.05) is 0 Å². The Kier molecular flexibility index (Phi) is 6.24. The maximum absolute atomic E-state index is 4.19. The molecule has 0 saturated carbocycles. The molecule has 0 N–H and O–H groups in total. The van der Waals surface area contributed by atoms with Crippen molar-refractivity contribution in [3.63, 3.8) is 0 Å². The summed E-state index contributed by atoms with van der Waals surface area (Å²) < 4.78 is 6.09. The predicted octanol–water partition coefficient (Wildman–Crippen LogP) is 9.21. The van der Waals surface area contributed by atoms with E-state index in [1.807, 2.05) is 0 Å². The standard InChI is InChI=1S/2C10H9.2C7H7.C2H4.Zr/c2*1-8-6-9-4-2-3-5-10(9)7-8;2*1-7-5-3-2-4-6-7;1-2;/h2*2-7H,1H3;2*2-6H,1H2;1H,2H3;. The monoisotopic (exact) mass is 558 g/mol. The second-order valence-electron chi connectivity index (χ2n) is 11.5. The van der Waals surface area contributed by atoms with E-state index < -0.39 is 18.3 Å². The van der Waals surface area contributed by atoms with Gasteiger partial charge in [-0.3, -0.25) is 0 Å². The van der Waals surface area contributed by atoms with Crippen LogP contribution in [0.15, 0.2) is 120 Å². The molecule has 0 aliphatic heterocycles. The van der Waals surface area contributed by atoms with Crippen molar-refractivity contribution >= 4 is 15.9 Å². The van der Waals surface area contributed by atoms with Gasteiger partial charge in [0.15, 0.2) is 0 Å². The summed E-state index contributed by atoms with van der Waals surface area (Å²) in [6.45, 7) is 7.26. The van der Waals surface area contributed by atoms with E-state index in [1.165, 1.54) is 30.5 Å². The van der Waals surface area contributed by atoms with Crippen molar-refractivity contribution in [2.45, 2.75) is 36.3 Å². The van der Waals surface area contributed by atoms with E-state index in [0.717, 1.165) is 0 Å². The molecule has 4 aromatic rings. The summed E-state index contributed by atoms with van der Waals surface area (Å²) in [5.41, 5.74) is 12.0. The molecule has 2 aliphatic carbocycles. The molecule has 0 spiro atoms. The summed E-state index contributed by atoms with van der Waals surface area (Å²) in [5, 5.41) is 0. The summed E-state index contributed by atoms with van der Waals surface area (Å²) in [4.78, 5) is 0. The van der Waals surface area contributed by atoms with E-state index in [2.05, 4.69) is 146 Å². The molecule has 0 heterocycles. The van der Waals surface area contributed by atoms with Crippen molar-refractivity contribution in [1.29, 1.82) is 0 Å². The third-order valence-electron chi connectivity index (χ3n) is 9.47. The summed E-state index contributed by atoms with van der Waals surface area (Å²) in [5.74, 6) is 0. The van der Waals surface area contributed by atoms with Gasteiger partial charge in [0.1, 0.15) is 0 Å². The van der Waals surface area contributed by atoms with E-state index in [1.54, 1.807) is 22.3 Å². The molecule has 0 saturated heterocycles. The van der Waals surface area contributed by atoms with Gasteiger partial charge in [0.05, 0.1) is 0 Å². The molecule has 2 unspecified atom stereocenters. The number of hydrogen-bond donors (Lipinski definition) is 0. The first-order chi connectivity index (χ1) is 18.0. The van der Waals surface area contributed by atoms with Crippen molar-refractivity contribution in [1.82, 2.24) is 0 Å². The summed E-state index contributed by atoms with van der Waals surface area (Å²) in [6, 6.07) is 41.2. The third kappa shape index (κ3) is 3.86. The number of fused-ring (bicyclic) bond motifs is 2. The second-order valence-corrected chi connectivity index (χ2v) is 27.2. The minimum atomic E-state index is -4.19. The van der Waals surface area contributed by atoms with Crippen LogP contribution in [0.5, 0.6) is 0 Å². The molecule has 0 fully saturated rings. The molecule has 184 valence electrons. The fourth-order valence-electron chi connectivity index (χ4n) is 8.29. The Bertz CT molecular complexity index is 1470. The van der Waals surface area contributed by atoms with E-state index >= 15 is 0 Å². The zero-order valence-corrected chi connectivity index (χ0v) is 24.7. The Morgan fingerprint density at radius 1 is 0.541 bits per heavy atom. The normalized spacial score (nSPS) is 18.6. The molecule has 2 atom stereocenters. The van der Waals surface area contributed by atoms with Crippen molar-refractivity contribution < 1.29 is 18.3 Å². The Labute approximate surface area is 223 Å². The molecule has 6 rings (SSSR count). The summed E-state index contributed by atoms with van der Waals surface area (Å²) in [6.07, 6.45) is 4.99. The van der Waals surface area contributed by atoms with Gasteiger partial charge in [-0.1, -0.05) is 0 Å². The topological polar surface area (TPSA) is 0 Å². The average molecular weight is 560 g/mol. The first-order valence-corrected chi connectivity index (χ1v) is 21.4. The van der Waals surface area contributed by atoms with Gasteiger partial charge in [0.25, 0.3) is 0 Å². The van der Waals surface area contributed by atoms with E-state index in [4.69, 9.17) is 0 Å². The van der Waals surface area contributed by atoms with Crippen LogP contribution in [0.2, 0.25) is 0 Å². The summed E-state index contributed by atoms with van der Waals surface area (Å²) >= 11 is -4.19. The van der Waals surface area contributed by atoms with Gasteiger partial charge in [-0.25, -0.2) is 0 Å². The molecule has 0 aromatic heterocycles. The van der Waals surface area contributed by atoms with Gasteiger partial charge in [-0.2, -0.15) is 0 Å².